The number of nitrogens with zero attached hydrogens (tertiary/aromatic N) is 1. The van der Waals surface area contributed by atoms with E-state index in [-0.39, 0.29) is 12.4 Å². The molecule has 0 radical (unpaired) electrons. The van der Waals surface area contributed by atoms with Gasteiger partial charge in [0.15, 0.2) is 6.19 Å². The molecule has 0 unspecified atom stereocenters. The normalized spacial score (nSPS) is 1.75. The number of hydrogen-bond donors (Lipinski definition) is 1. The molecule has 0 rings (SSSR count). The standard InChI is InChI=1S/CH2N2.ClH/c2-1-3;/h2H2;1H. The number of hydrogen-bond acceptors (Lipinski definition) is 2. The largest absolute Gasteiger partial charge is 0.337 e. The number of halogens is 1. The summed E-state index contributed by atoms with van der Waals surface area (Å²) in [5.41, 5.74) is 4.15. The third kappa shape index (κ3) is 3.01. The smallest absolute Gasteiger partial charge is 0.173 e. The Kier molecular flexibility index (Phi) is 45.7. The lowest BCUT2D eigenvalue weighted by atomic mass is 11.5. The summed E-state index contributed by atoms with van der Waals surface area (Å²) in [6, 6.07) is 0. The SMILES string of the molecule is Cl.N#CN. The van der Waals surface area contributed by atoms with Gasteiger partial charge in [0.05, 0.1) is 0 Å². The highest BCUT2D eigenvalue weighted by Crippen LogP contribution is 0.900. The monoisotopic (exact) mass is 78.0 g/mol. The van der Waals surface area contributed by atoms with E-state index in [9.17, 15) is 0 Å². The van der Waals surface area contributed by atoms with Crippen molar-refractivity contribution in [3.63, 3.8) is 0 Å². The fourth-order valence-corrected chi connectivity index (χ4v) is 0. The molecule has 0 aliphatic carbocycles. The van der Waals surface area contributed by atoms with Crippen molar-refractivity contribution in [2.45, 2.75) is 0 Å². The molecule has 0 amide bonds. The van der Waals surface area contributed by atoms with E-state index in [1.807, 2.05) is 0 Å². The van der Waals surface area contributed by atoms with Crippen molar-refractivity contribution in [3.05, 3.63) is 0 Å². The minimum absolute atomic E-state index is 0. The van der Waals surface area contributed by atoms with Crippen LogP contribution in [0.15, 0.2) is 0 Å². The highest BCUT2D eigenvalue weighted by molar-refractivity contribution is 5.85. The Bertz CT molecular complexity index is 27.5. The van der Waals surface area contributed by atoms with Crippen LogP contribution in [0, 0.1) is 11.5 Å². The van der Waals surface area contributed by atoms with Crippen molar-refractivity contribution in [1.82, 2.24) is 0 Å². The van der Waals surface area contributed by atoms with Crippen molar-refractivity contribution in [3.8, 4) is 6.19 Å². The predicted molar refractivity (Wildman–Crippen MR) is 17.0 cm³/mol. The minimum atomic E-state index is 0. The van der Waals surface area contributed by atoms with Crippen LogP contribution in [0.4, 0.5) is 0 Å². The molecular weight excluding hydrogens is 75.5 g/mol. The molecule has 3 heteroatoms. The molecule has 2 N–H and O–H groups in total. The summed E-state index contributed by atoms with van der Waals surface area (Å²) >= 11 is 0. The van der Waals surface area contributed by atoms with E-state index < -0.39 is 0 Å². The van der Waals surface area contributed by atoms with Gasteiger partial charge in [-0.25, -0.2) is 0 Å². The third-order valence-corrected chi connectivity index (χ3v) is 0. The molecule has 0 aliphatic heterocycles. The Morgan fingerprint density at radius 2 is 1.75 bits per heavy atom. The van der Waals surface area contributed by atoms with E-state index in [1.165, 1.54) is 6.19 Å². The highest BCUT2D eigenvalue weighted by Gasteiger charge is 1.12. The van der Waals surface area contributed by atoms with Crippen LogP contribution in [0.1, 0.15) is 0 Å². The van der Waals surface area contributed by atoms with E-state index in [4.69, 9.17) is 5.26 Å². The average Bonchev–Trinajstić information content (AvgIpc) is 0.918. The van der Waals surface area contributed by atoms with Gasteiger partial charge in [-0.15, -0.1) is 12.4 Å². The summed E-state index contributed by atoms with van der Waals surface area (Å²) in [6.07, 6.45) is 1.25. The fraction of sp³-hybridized carbons (Fsp3) is 0. The van der Waals surface area contributed by atoms with E-state index in [1.54, 1.807) is 0 Å². The van der Waals surface area contributed by atoms with Crippen LogP contribution >= 0.6 is 12.4 Å². The van der Waals surface area contributed by atoms with Crippen molar-refractivity contribution in [1.29, 1.82) is 5.26 Å². The minimum Gasteiger partial charge on any atom is -0.337 e. The van der Waals surface area contributed by atoms with Crippen molar-refractivity contribution < 1.29 is 0 Å². The van der Waals surface area contributed by atoms with Gasteiger partial charge in [-0.05, 0) is 0 Å². The first-order valence-electron chi connectivity index (χ1n) is 0.512. The first kappa shape index (κ1) is 9.55. The van der Waals surface area contributed by atoms with Gasteiger partial charge in [0, 0.05) is 0 Å². The molecule has 4 heavy (non-hydrogen) atoms. The molecule has 24 valence electrons. The summed E-state index contributed by atoms with van der Waals surface area (Å²) < 4.78 is 0. The van der Waals surface area contributed by atoms with Gasteiger partial charge in [0.25, 0.3) is 0 Å². The van der Waals surface area contributed by atoms with Crippen LogP contribution in [0.25, 0.3) is 0 Å². The van der Waals surface area contributed by atoms with Gasteiger partial charge in [0.1, 0.15) is 0 Å². The third-order valence-electron chi connectivity index (χ3n) is 0. The van der Waals surface area contributed by atoms with Crippen molar-refractivity contribution in [2.75, 3.05) is 0 Å². The van der Waals surface area contributed by atoms with Gasteiger partial charge in [-0.1, -0.05) is 0 Å². The van der Waals surface area contributed by atoms with E-state index in [0.717, 1.165) is 0 Å². The Balaban J connectivity index is 0. The lowest BCUT2D eigenvalue weighted by Crippen LogP contribution is -1.69. The van der Waals surface area contributed by atoms with Crippen LogP contribution in [0.2, 0.25) is 0 Å². The summed E-state index contributed by atoms with van der Waals surface area (Å²) in [4.78, 5) is 0. The molecule has 0 aromatic rings. The molecule has 2 nitrogen and oxygen atoms in total. The topological polar surface area (TPSA) is 49.8 Å². The molecule has 0 aromatic heterocycles. The average molecular weight is 78.5 g/mol. The lowest BCUT2D eigenvalue weighted by molar-refractivity contribution is 1.45. The Morgan fingerprint density at radius 3 is 1.75 bits per heavy atom. The van der Waals surface area contributed by atoms with Gasteiger partial charge in [-0.2, -0.15) is 5.26 Å². The molecule has 0 aromatic carbocycles. The summed E-state index contributed by atoms with van der Waals surface area (Å²) in [6.45, 7) is 0. The second-order valence-electron chi connectivity index (χ2n) is 0.129. The van der Waals surface area contributed by atoms with E-state index >= 15 is 0 Å². The summed E-state index contributed by atoms with van der Waals surface area (Å²) in [7, 11) is 0. The molecule has 0 saturated carbocycles. The Morgan fingerprint density at radius 1 is 1.75 bits per heavy atom. The quantitative estimate of drug-likeness (QED) is 0.324. The molecule has 0 fully saturated rings. The molecule has 0 bridgehead atoms. The Hall–Kier alpha value is -0.420. The van der Waals surface area contributed by atoms with Gasteiger partial charge < -0.3 is 5.73 Å². The second-order valence-corrected chi connectivity index (χ2v) is 0.129. The first-order valence-corrected chi connectivity index (χ1v) is 0.512. The zero-order chi connectivity index (χ0) is 2.71. The molecule has 0 heterocycles. The van der Waals surface area contributed by atoms with Crippen LogP contribution in [0.3, 0.4) is 0 Å². The van der Waals surface area contributed by atoms with Gasteiger partial charge in [0.2, 0.25) is 0 Å². The molecule has 0 spiro atoms. The first-order chi connectivity index (χ1) is 1.41. The molecule has 0 aliphatic rings. The van der Waals surface area contributed by atoms with Crippen molar-refractivity contribution in [2.24, 2.45) is 5.73 Å². The summed E-state index contributed by atoms with van der Waals surface area (Å²) in [5, 5.41) is 7.10. The van der Waals surface area contributed by atoms with Crippen LogP contribution < -0.4 is 5.73 Å². The Labute approximate surface area is 30.6 Å². The number of nitrogens with two attached hydrogens (primary N) is 1. The maximum absolute atomic E-state index is 7.10. The zero-order valence-electron chi connectivity index (χ0n) is 1.93. The molecular formula is CH3ClN2. The maximum atomic E-state index is 7.10. The number of nitriles is 1. The van der Waals surface area contributed by atoms with Crippen LogP contribution in [-0.4, -0.2) is 0 Å². The lowest BCUT2D eigenvalue weighted by Gasteiger charge is -1.24. The van der Waals surface area contributed by atoms with Gasteiger partial charge >= 0.3 is 0 Å². The highest BCUT2D eigenvalue weighted by atomic mass is 35.5. The molecule has 0 atom stereocenters. The van der Waals surface area contributed by atoms with Crippen molar-refractivity contribution >= 4 is 12.4 Å². The maximum Gasteiger partial charge on any atom is 0.173 e. The summed E-state index contributed by atoms with van der Waals surface area (Å²) in [5.74, 6) is 0. The predicted octanol–water partition coefficient (Wildman–Crippen LogP) is -0.152. The van der Waals surface area contributed by atoms with Crippen LogP contribution in [0.5, 0.6) is 0 Å². The fourth-order valence-electron chi connectivity index (χ4n) is 0. The molecule has 0 saturated heterocycles. The second kappa shape index (κ2) is 19.1. The number of rotatable bonds is 0. The van der Waals surface area contributed by atoms with E-state index in [2.05, 4.69) is 5.73 Å². The zero-order valence-corrected chi connectivity index (χ0v) is 2.75. The van der Waals surface area contributed by atoms with Crippen LogP contribution in [-0.2, 0) is 0 Å². The van der Waals surface area contributed by atoms with E-state index in [0.29, 0.717) is 0 Å². The van der Waals surface area contributed by atoms with Gasteiger partial charge in [-0.3, -0.25) is 0 Å².